The number of pyridine rings is 3. The van der Waals surface area contributed by atoms with E-state index in [1.165, 1.54) is 0 Å². The van der Waals surface area contributed by atoms with Crippen molar-refractivity contribution >= 4 is 51.9 Å². The normalized spacial score (nSPS) is 21.1. The van der Waals surface area contributed by atoms with Crippen LogP contribution in [-0.4, -0.2) is 130 Å². The van der Waals surface area contributed by atoms with Crippen molar-refractivity contribution in [3.05, 3.63) is 93.2 Å². The van der Waals surface area contributed by atoms with Crippen molar-refractivity contribution in [3.8, 4) is 0 Å². The second kappa shape index (κ2) is 15.4. The zero-order chi connectivity index (χ0) is 40.1. The Morgan fingerprint density at radius 1 is 0.862 bits per heavy atom. The van der Waals surface area contributed by atoms with Crippen molar-refractivity contribution in [2.45, 2.75) is 63.7 Å². The number of carbonyl (C=O) groups excluding carboxylic acids is 5. The van der Waals surface area contributed by atoms with E-state index in [-0.39, 0.29) is 42.0 Å². The number of rotatable bonds is 9. The number of imide groups is 2. The van der Waals surface area contributed by atoms with Crippen molar-refractivity contribution in [2.75, 3.05) is 62.2 Å². The summed E-state index contributed by atoms with van der Waals surface area (Å²) in [5.74, 6) is -2.20. The third-order valence-electron chi connectivity index (χ3n) is 12.4. The molecule has 300 valence electrons. The van der Waals surface area contributed by atoms with E-state index in [2.05, 4.69) is 45.2 Å². The highest BCUT2D eigenvalue weighted by atomic mass is 16.2. The molecule has 3 N–H and O–H groups in total. The Kier molecular flexibility index (Phi) is 9.97. The minimum absolute atomic E-state index is 0.0423. The van der Waals surface area contributed by atoms with Gasteiger partial charge in [0, 0.05) is 89.2 Å². The molecule has 0 radical (unpaired) electrons. The standard InChI is InChI=1S/C42H46N10O6/c1-2-26-19-32-33(46-38(26)54)18-25(20-43-32)22-48-14-16-50(17-15-48)28-6-7-31(44-21-28)39(55)45-27-10-12-49(13-11-27)29-23-51(24-29)34-5-3-4-30-37(34)42(58)52(41(30)57)35-8-9-36(53)47-40(35)56/h3-7,18-21,27,29,35H,2,8-17,22-24H2,1H3,(H,45,55)(H,46,54)(H,47,53,56). The molecule has 9 rings (SSSR count). The molecule has 5 aliphatic heterocycles. The smallest absolute Gasteiger partial charge is 0.270 e. The summed E-state index contributed by atoms with van der Waals surface area (Å²) in [7, 11) is 0. The average molecular weight is 787 g/mol. The lowest BCUT2D eigenvalue weighted by atomic mass is 9.97. The number of hydrogen-bond acceptors (Lipinski definition) is 12. The summed E-state index contributed by atoms with van der Waals surface area (Å²) in [5, 5.41) is 5.43. The molecule has 3 aromatic heterocycles. The molecular weight excluding hydrogens is 741 g/mol. The van der Waals surface area contributed by atoms with Crippen LogP contribution in [0.15, 0.2) is 59.7 Å². The van der Waals surface area contributed by atoms with Crippen LogP contribution in [0, 0.1) is 0 Å². The highest BCUT2D eigenvalue weighted by Gasteiger charge is 2.47. The van der Waals surface area contributed by atoms with E-state index in [4.69, 9.17) is 0 Å². The van der Waals surface area contributed by atoms with Gasteiger partial charge in [0.25, 0.3) is 23.3 Å². The summed E-state index contributed by atoms with van der Waals surface area (Å²) in [6.45, 7) is 9.15. The second-order valence-electron chi connectivity index (χ2n) is 15.9. The van der Waals surface area contributed by atoms with Crippen LogP contribution in [0.4, 0.5) is 11.4 Å². The summed E-state index contributed by atoms with van der Waals surface area (Å²) in [6.07, 6.45) is 6.16. The predicted molar refractivity (Wildman–Crippen MR) is 215 cm³/mol. The van der Waals surface area contributed by atoms with E-state index >= 15 is 0 Å². The number of likely N-dealkylation sites (tertiary alicyclic amines) is 1. The van der Waals surface area contributed by atoms with E-state index in [9.17, 15) is 28.8 Å². The first kappa shape index (κ1) is 37.6. The molecule has 4 fully saturated rings. The van der Waals surface area contributed by atoms with Gasteiger partial charge in [-0.05, 0) is 67.6 Å². The number of anilines is 2. The van der Waals surface area contributed by atoms with Gasteiger partial charge in [0.05, 0.1) is 39.7 Å². The van der Waals surface area contributed by atoms with E-state index in [0.29, 0.717) is 36.5 Å². The molecule has 0 bridgehead atoms. The number of hydrogen-bond donors (Lipinski definition) is 3. The molecule has 58 heavy (non-hydrogen) atoms. The predicted octanol–water partition coefficient (Wildman–Crippen LogP) is 1.69. The van der Waals surface area contributed by atoms with Gasteiger partial charge in [-0.25, -0.2) is 4.98 Å². The lowest BCUT2D eigenvalue weighted by Crippen LogP contribution is -2.62. The summed E-state index contributed by atoms with van der Waals surface area (Å²) in [5.41, 5.74) is 5.98. The molecular formula is C42H46N10O6. The molecule has 1 unspecified atom stereocenters. The maximum absolute atomic E-state index is 13.6. The molecule has 5 amide bonds. The van der Waals surface area contributed by atoms with Crippen LogP contribution in [0.25, 0.3) is 11.0 Å². The van der Waals surface area contributed by atoms with E-state index in [1.807, 2.05) is 37.4 Å². The Morgan fingerprint density at radius 3 is 2.38 bits per heavy atom. The molecule has 5 aliphatic rings. The van der Waals surface area contributed by atoms with Gasteiger partial charge < -0.3 is 20.1 Å². The number of aromatic nitrogens is 3. The molecule has 0 spiro atoms. The van der Waals surface area contributed by atoms with Gasteiger partial charge in [0.2, 0.25) is 11.8 Å². The number of benzene rings is 1. The number of amides is 5. The van der Waals surface area contributed by atoms with Crippen LogP contribution >= 0.6 is 0 Å². The maximum Gasteiger partial charge on any atom is 0.270 e. The van der Waals surface area contributed by atoms with E-state index in [1.54, 1.807) is 24.4 Å². The fourth-order valence-corrected chi connectivity index (χ4v) is 8.96. The highest BCUT2D eigenvalue weighted by molar-refractivity contribution is 6.25. The molecule has 16 nitrogen and oxygen atoms in total. The third kappa shape index (κ3) is 7.10. The van der Waals surface area contributed by atoms with Crippen LogP contribution in [0.3, 0.4) is 0 Å². The van der Waals surface area contributed by atoms with Gasteiger partial charge in [0.15, 0.2) is 0 Å². The lowest BCUT2D eigenvalue weighted by molar-refractivity contribution is -0.136. The largest absolute Gasteiger partial charge is 0.368 e. The van der Waals surface area contributed by atoms with Gasteiger partial charge in [-0.3, -0.25) is 53.8 Å². The Morgan fingerprint density at radius 2 is 1.66 bits per heavy atom. The average Bonchev–Trinajstić information content (AvgIpc) is 3.47. The monoisotopic (exact) mass is 786 g/mol. The lowest BCUT2D eigenvalue weighted by Gasteiger charge is -2.49. The molecule has 1 aromatic carbocycles. The highest BCUT2D eigenvalue weighted by Crippen LogP contribution is 2.37. The molecule has 16 heteroatoms. The van der Waals surface area contributed by atoms with Crippen molar-refractivity contribution in [2.24, 2.45) is 0 Å². The van der Waals surface area contributed by atoms with Crippen molar-refractivity contribution in [3.63, 3.8) is 0 Å². The van der Waals surface area contributed by atoms with Crippen LogP contribution in [0.5, 0.6) is 0 Å². The zero-order valence-electron chi connectivity index (χ0n) is 32.4. The molecule has 8 heterocycles. The number of piperidine rings is 2. The molecule has 4 saturated heterocycles. The fourth-order valence-electron chi connectivity index (χ4n) is 8.96. The van der Waals surface area contributed by atoms with Gasteiger partial charge in [-0.2, -0.15) is 0 Å². The number of aromatic amines is 1. The Labute approximate surface area is 334 Å². The minimum atomic E-state index is -0.997. The maximum atomic E-state index is 13.6. The summed E-state index contributed by atoms with van der Waals surface area (Å²) < 4.78 is 0. The van der Waals surface area contributed by atoms with Crippen LogP contribution in [0.1, 0.15) is 74.9 Å². The van der Waals surface area contributed by atoms with Gasteiger partial charge >= 0.3 is 0 Å². The SMILES string of the molecule is CCc1cc2ncc(CN3CCN(c4ccc(C(=O)NC5CCN(C6CN(c7cccc8c7C(=O)N(C7CCC(=O)NC7=O)C8=O)C6)CC5)nc4)CC3)cc2[nH]c1=O. The van der Waals surface area contributed by atoms with E-state index < -0.39 is 29.7 Å². The van der Waals surface area contributed by atoms with Gasteiger partial charge in [0.1, 0.15) is 11.7 Å². The first-order valence-electron chi connectivity index (χ1n) is 20.2. The zero-order valence-corrected chi connectivity index (χ0v) is 32.4. The van der Waals surface area contributed by atoms with Crippen LogP contribution in [-0.2, 0) is 22.6 Å². The van der Waals surface area contributed by atoms with E-state index in [0.717, 1.165) is 91.4 Å². The van der Waals surface area contributed by atoms with Gasteiger partial charge in [-0.1, -0.05) is 13.0 Å². The first-order valence-corrected chi connectivity index (χ1v) is 20.2. The number of aryl methyl sites for hydroxylation is 1. The van der Waals surface area contributed by atoms with Gasteiger partial charge in [-0.15, -0.1) is 0 Å². The number of nitrogens with zero attached hydrogens (tertiary/aromatic N) is 7. The molecule has 0 saturated carbocycles. The summed E-state index contributed by atoms with van der Waals surface area (Å²) in [6, 6.07) is 12.2. The van der Waals surface area contributed by atoms with Crippen molar-refractivity contribution in [1.29, 1.82) is 0 Å². The Balaban J connectivity index is 0.724. The number of carbonyl (C=O) groups is 5. The van der Waals surface area contributed by atoms with Crippen molar-refractivity contribution in [1.82, 2.24) is 40.3 Å². The Hall–Kier alpha value is -6.00. The minimum Gasteiger partial charge on any atom is -0.368 e. The Bertz CT molecular complexity index is 2360. The van der Waals surface area contributed by atoms with Crippen LogP contribution < -0.4 is 26.0 Å². The summed E-state index contributed by atoms with van der Waals surface area (Å²) in [4.78, 5) is 98.8. The second-order valence-corrected chi connectivity index (χ2v) is 15.9. The van der Waals surface area contributed by atoms with Crippen LogP contribution in [0.2, 0.25) is 0 Å². The van der Waals surface area contributed by atoms with Crippen molar-refractivity contribution < 1.29 is 24.0 Å². The molecule has 1 atom stereocenters. The molecule has 4 aromatic rings. The number of H-pyrrole nitrogens is 1. The third-order valence-corrected chi connectivity index (χ3v) is 12.4. The first-order chi connectivity index (χ1) is 28.1. The number of piperazine rings is 1. The quantitative estimate of drug-likeness (QED) is 0.209. The fraction of sp³-hybridized carbons (Fsp3) is 0.429. The number of fused-ring (bicyclic) bond motifs is 2. The molecule has 0 aliphatic carbocycles. The topological polar surface area (TPSA) is 184 Å². The number of nitrogens with one attached hydrogen (secondary N) is 3. The summed E-state index contributed by atoms with van der Waals surface area (Å²) >= 11 is 0.